The summed E-state index contributed by atoms with van der Waals surface area (Å²) in [7, 11) is 0. The normalized spacial score (nSPS) is 28.1. The number of benzene rings is 1. The van der Waals surface area contributed by atoms with Gasteiger partial charge >= 0.3 is 0 Å². The zero-order valence-corrected chi connectivity index (χ0v) is 11.6. The molecule has 0 amide bonds. The number of fused-ring (bicyclic) bond motifs is 1. The molecule has 2 aliphatic carbocycles. The SMILES string of the molecule is OC1c2ccccc2CC1NCC1CCCCCC1. The van der Waals surface area contributed by atoms with Crippen LogP contribution in [-0.4, -0.2) is 17.7 Å². The van der Waals surface area contributed by atoms with E-state index in [1.165, 1.54) is 44.1 Å². The van der Waals surface area contributed by atoms with Gasteiger partial charge in [0.1, 0.15) is 0 Å². The molecule has 0 bridgehead atoms. The fourth-order valence-corrected chi connectivity index (χ4v) is 3.64. The fraction of sp³-hybridized carbons (Fsp3) is 0.647. The Labute approximate surface area is 116 Å². The molecule has 0 saturated heterocycles. The van der Waals surface area contributed by atoms with Gasteiger partial charge in [-0.25, -0.2) is 0 Å². The maximum atomic E-state index is 10.4. The Hall–Kier alpha value is -0.860. The lowest BCUT2D eigenvalue weighted by Crippen LogP contribution is -2.36. The Kier molecular flexibility index (Phi) is 4.19. The predicted octanol–water partition coefficient (Wildman–Crippen LogP) is 3.20. The Bertz CT molecular complexity index is 409. The first-order valence-corrected chi connectivity index (χ1v) is 7.84. The third-order valence-electron chi connectivity index (χ3n) is 4.84. The monoisotopic (exact) mass is 259 g/mol. The highest BCUT2D eigenvalue weighted by Gasteiger charge is 2.30. The van der Waals surface area contributed by atoms with E-state index in [-0.39, 0.29) is 12.1 Å². The van der Waals surface area contributed by atoms with Gasteiger partial charge < -0.3 is 10.4 Å². The first-order valence-electron chi connectivity index (χ1n) is 7.84. The van der Waals surface area contributed by atoms with E-state index in [1.807, 2.05) is 6.07 Å². The van der Waals surface area contributed by atoms with Crippen LogP contribution >= 0.6 is 0 Å². The van der Waals surface area contributed by atoms with E-state index in [2.05, 4.69) is 23.5 Å². The molecule has 0 spiro atoms. The Balaban J connectivity index is 1.54. The fourth-order valence-electron chi connectivity index (χ4n) is 3.64. The van der Waals surface area contributed by atoms with Crippen molar-refractivity contribution in [3.63, 3.8) is 0 Å². The van der Waals surface area contributed by atoms with Gasteiger partial charge in [-0.3, -0.25) is 0 Å². The van der Waals surface area contributed by atoms with Crippen LogP contribution in [0.5, 0.6) is 0 Å². The van der Waals surface area contributed by atoms with Crippen molar-refractivity contribution in [3.8, 4) is 0 Å². The van der Waals surface area contributed by atoms with Crippen molar-refractivity contribution < 1.29 is 5.11 Å². The number of aliphatic hydroxyl groups excluding tert-OH is 1. The summed E-state index contributed by atoms with van der Waals surface area (Å²) >= 11 is 0. The van der Waals surface area contributed by atoms with Gasteiger partial charge in [0.05, 0.1) is 6.10 Å². The van der Waals surface area contributed by atoms with Gasteiger partial charge in [0, 0.05) is 6.04 Å². The number of nitrogens with one attached hydrogen (secondary N) is 1. The van der Waals surface area contributed by atoms with E-state index in [1.54, 1.807) is 0 Å². The highest BCUT2D eigenvalue weighted by molar-refractivity contribution is 5.35. The van der Waals surface area contributed by atoms with E-state index in [0.29, 0.717) is 0 Å². The summed E-state index contributed by atoms with van der Waals surface area (Å²) in [5.74, 6) is 0.818. The Morgan fingerprint density at radius 2 is 1.79 bits per heavy atom. The van der Waals surface area contributed by atoms with Crippen molar-refractivity contribution in [1.29, 1.82) is 0 Å². The van der Waals surface area contributed by atoms with Gasteiger partial charge in [-0.15, -0.1) is 0 Å². The molecule has 104 valence electrons. The van der Waals surface area contributed by atoms with E-state index in [9.17, 15) is 5.11 Å². The van der Waals surface area contributed by atoms with Crippen LogP contribution in [0.15, 0.2) is 24.3 Å². The topological polar surface area (TPSA) is 32.3 Å². The molecule has 2 unspecified atom stereocenters. The molecule has 0 radical (unpaired) electrons. The molecule has 1 aromatic rings. The van der Waals surface area contributed by atoms with Crippen LogP contribution in [0, 0.1) is 5.92 Å². The van der Waals surface area contributed by atoms with Gasteiger partial charge in [0.25, 0.3) is 0 Å². The second-order valence-electron chi connectivity index (χ2n) is 6.22. The van der Waals surface area contributed by atoms with Crippen LogP contribution in [-0.2, 0) is 6.42 Å². The highest BCUT2D eigenvalue weighted by Crippen LogP contribution is 2.31. The first-order chi connectivity index (χ1) is 9.34. The Morgan fingerprint density at radius 3 is 2.53 bits per heavy atom. The maximum Gasteiger partial charge on any atom is 0.0948 e. The predicted molar refractivity (Wildman–Crippen MR) is 78.1 cm³/mol. The van der Waals surface area contributed by atoms with Crippen molar-refractivity contribution in [2.24, 2.45) is 5.92 Å². The van der Waals surface area contributed by atoms with Gasteiger partial charge in [-0.2, -0.15) is 0 Å². The van der Waals surface area contributed by atoms with Crippen molar-refractivity contribution in [2.75, 3.05) is 6.54 Å². The minimum Gasteiger partial charge on any atom is -0.387 e. The molecule has 0 aliphatic heterocycles. The Morgan fingerprint density at radius 1 is 1.05 bits per heavy atom. The first kappa shape index (κ1) is 13.1. The lowest BCUT2D eigenvalue weighted by molar-refractivity contribution is 0.138. The van der Waals surface area contributed by atoms with Crippen molar-refractivity contribution >= 4 is 0 Å². The molecule has 0 aromatic heterocycles. The van der Waals surface area contributed by atoms with Gasteiger partial charge in [-0.05, 0) is 42.9 Å². The quantitative estimate of drug-likeness (QED) is 0.817. The average molecular weight is 259 g/mol. The summed E-state index contributed by atoms with van der Waals surface area (Å²) in [6, 6.07) is 8.52. The standard InChI is InChI=1S/C17H25NO/c19-17-15-10-6-5-9-14(15)11-16(17)18-12-13-7-3-1-2-4-8-13/h5-6,9-10,13,16-19H,1-4,7-8,11-12H2. The summed E-state index contributed by atoms with van der Waals surface area (Å²) in [4.78, 5) is 0. The van der Waals surface area contributed by atoms with Crippen LogP contribution < -0.4 is 5.32 Å². The molecule has 1 fully saturated rings. The lowest BCUT2D eigenvalue weighted by Gasteiger charge is -2.21. The molecular weight excluding hydrogens is 234 g/mol. The summed E-state index contributed by atoms with van der Waals surface area (Å²) in [5, 5.41) is 14.0. The lowest BCUT2D eigenvalue weighted by atomic mass is 9.99. The summed E-state index contributed by atoms with van der Waals surface area (Å²) in [6.07, 6.45) is 8.99. The summed E-state index contributed by atoms with van der Waals surface area (Å²) in [6.45, 7) is 1.08. The van der Waals surface area contributed by atoms with Crippen molar-refractivity contribution in [3.05, 3.63) is 35.4 Å². The number of aliphatic hydroxyl groups is 1. The van der Waals surface area contributed by atoms with Crippen LogP contribution in [0.1, 0.15) is 55.8 Å². The number of hydrogen-bond donors (Lipinski definition) is 2. The van der Waals surface area contributed by atoms with Crippen molar-refractivity contribution in [1.82, 2.24) is 5.32 Å². The van der Waals surface area contributed by atoms with Crippen LogP contribution in [0.3, 0.4) is 0 Å². The highest BCUT2D eigenvalue weighted by atomic mass is 16.3. The van der Waals surface area contributed by atoms with E-state index in [4.69, 9.17) is 0 Å². The zero-order valence-electron chi connectivity index (χ0n) is 11.6. The van der Waals surface area contributed by atoms with Gasteiger partial charge in [0.15, 0.2) is 0 Å². The van der Waals surface area contributed by atoms with E-state index in [0.717, 1.165) is 24.4 Å². The average Bonchev–Trinajstić information content (AvgIpc) is 2.63. The molecule has 19 heavy (non-hydrogen) atoms. The third kappa shape index (κ3) is 3.01. The molecule has 2 atom stereocenters. The van der Waals surface area contributed by atoms with E-state index >= 15 is 0 Å². The van der Waals surface area contributed by atoms with Crippen LogP contribution in [0.2, 0.25) is 0 Å². The maximum absolute atomic E-state index is 10.4. The zero-order chi connectivity index (χ0) is 13.1. The van der Waals surface area contributed by atoms with Crippen LogP contribution in [0.4, 0.5) is 0 Å². The molecule has 3 rings (SSSR count). The number of rotatable bonds is 3. The molecule has 1 saturated carbocycles. The van der Waals surface area contributed by atoms with Gasteiger partial charge in [0.2, 0.25) is 0 Å². The molecule has 0 heterocycles. The van der Waals surface area contributed by atoms with Crippen LogP contribution in [0.25, 0.3) is 0 Å². The summed E-state index contributed by atoms with van der Waals surface area (Å²) in [5.41, 5.74) is 2.44. The largest absolute Gasteiger partial charge is 0.387 e. The van der Waals surface area contributed by atoms with E-state index < -0.39 is 0 Å². The minimum absolute atomic E-state index is 0.223. The second kappa shape index (κ2) is 6.06. The molecule has 1 aromatic carbocycles. The minimum atomic E-state index is -0.318. The second-order valence-corrected chi connectivity index (χ2v) is 6.22. The third-order valence-corrected chi connectivity index (χ3v) is 4.84. The molecule has 2 N–H and O–H groups in total. The molecule has 2 aliphatic rings. The summed E-state index contributed by atoms with van der Waals surface area (Å²) < 4.78 is 0. The molecule has 2 nitrogen and oxygen atoms in total. The van der Waals surface area contributed by atoms with Crippen molar-refractivity contribution in [2.45, 2.75) is 57.1 Å². The number of hydrogen-bond acceptors (Lipinski definition) is 2. The smallest absolute Gasteiger partial charge is 0.0948 e. The molecule has 2 heteroatoms. The van der Waals surface area contributed by atoms with Gasteiger partial charge in [-0.1, -0.05) is 49.9 Å². The molecular formula is C17H25NO.